The van der Waals surface area contributed by atoms with Crippen LogP contribution in [0.4, 0.5) is 0 Å². The summed E-state index contributed by atoms with van der Waals surface area (Å²) < 4.78 is 12.8. The third-order valence-electron chi connectivity index (χ3n) is 4.88. The zero-order valence-corrected chi connectivity index (χ0v) is 16.4. The fourth-order valence-electron chi connectivity index (χ4n) is 3.27. The van der Waals surface area contributed by atoms with Crippen molar-refractivity contribution in [3.63, 3.8) is 0 Å². The Hall–Kier alpha value is -2.54. The van der Waals surface area contributed by atoms with Gasteiger partial charge < -0.3 is 14.4 Å². The molecule has 1 aliphatic rings. The highest BCUT2D eigenvalue weighted by molar-refractivity contribution is 5.77. The molecule has 1 saturated heterocycles. The molecule has 7 heteroatoms. The van der Waals surface area contributed by atoms with Crippen LogP contribution in [0, 0.1) is 13.8 Å². The van der Waals surface area contributed by atoms with Gasteiger partial charge in [0.15, 0.2) is 6.61 Å². The van der Waals surface area contributed by atoms with Crippen molar-refractivity contribution in [2.24, 2.45) is 0 Å². The molecular weight excluding hydrogens is 344 g/mol. The summed E-state index contributed by atoms with van der Waals surface area (Å²) in [4.78, 5) is 16.6. The summed E-state index contributed by atoms with van der Waals surface area (Å²) in [5.41, 5.74) is 2.25. The molecule has 0 saturated carbocycles. The molecule has 3 rings (SSSR count). The number of amides is 1. The van der Waals surface area contributed by atoms with Crippen molar-refractivity contribution in [1.29, 1.82) is 0 Å². The highest BCUT2D eigenvalue weighted by atomic mass is 16.5. The maximum absolute atomic E-state index is 12.4. The monoisotopic (exact) mass is 372 g/mol. The number of aryl methyl sites for hydroxylation is 2. The van der Waals surface area contributed by atoms with Crippen LogP contribution < -0.4 is 9.47 Å². The molecule has 0 atom stereocenters. The molecule has 2 heterocycles. The Morgan fingerprint density at radius 2 is 1.70 bits per heavy atom. The van der Waals surface area contributed by atoms with Gasteiger partial charge in [0.2, 0.25) is 0 Å². The Morgan fingerprint density at radius 3 is 2.30 bits per heavy atom. The maximum atomic E-state index is 12.4. The second-order valence-electron chi connectivity index (χ2n) is 6.84. The molecule has 2 aromatic rings. The maximum Gasteiger partial charge on any atom is 0.260 e. The van der Waals surface area contributed by atoms with E-state index < -0.39 is 0 Å². The highest BCUT2D eigenvalue weighted by Gasteiger charge is 2.21. The number of piperazine rings is 1. The molecule has 1 aromatic heterocycles. The van der Waals surface area contributed by atoms with E-state index in [2.05, 4.69) is 27.7 Å². The van der Waals surface area contributed by atoms with Gasteiger partial charge in [-0.05, 0) is 44.2 Å². The van der Waals surface area contributed by atoms with Crippen molar-refractivity contribution >= 4 is 5.91 Å². The normalized spacial score (nSPS) is 15.0. The molecule has 0 aliphatic carbocycles. The minimum absolute atomic E-state index is 0.0315. The Kier molecular flexibility index (Phi) is 6.34. The average molecular weight is 372 g/mol. The second-order valence-corrected chi connectivity index (χ2v) is 6.84. The lowest BCUT2D eigenvalue weighted by Crippen LogP contribution is -2.50. The van der Waals surface area contributed by atoms with Crippen LogP contribution in [0.15, 0.2) is 30.3 Å². The van der Waals surface area contributed by atoms with Gasteiger partial charge in [-0.1, -0.05) is 0 Å². The minimum Gasteiger partial charge on any atom is -0.497 e. The fourth-order valence-corrected chi connectivity index (χ4v) is 3.27. The number of aromatic nitrogens is 2. The van der Waals surface area contributed by atoms with Crippen LogP contribution in [-0.4, -0.2) is 71.9 Å². The van der Waals surface area contributed by atoms with Crippen LogP contribution in [0.2, 0.25) is 0 Å². The number of nitrogens with zero attached hydrogens (tertiary/aromatic N) is 4. The van der Waals surface area contributed by atoms with Gasteiger partial charge in [-0.25, -0.2) is 0 Å². The first-order chi connectivity index (χ1) is 13.0. The molecule has 1 aromatic carbocycles. The predicted molar refractivity (Wildman–Crippen MR) is 103 cm³/mol. The minimum atomic E-state index is 0.0315. The summed E-state index contributed by atoms with van der Waals surface area (Å²) in [6.45, 7) is 9.24. The van der Waals surface area contributed by atoms with E-state index in [0.717, 1.165) is 50.7 Å². The topological polar surface area (TPSA) is 59.8 Å². The second kappa shape index (κ2) is 8.90. The summed E-state index contributed by atoms with van der Waals surface area (Å²) in [6, 6.07) is 9.36. The summed E-state index contributed by atoms with van der Waals surface area (Å²) in [5.74, 6) is 1.47. The van der Waals surface area contributed by atoms with Crippen LogP contribution in [0.3, 0.4) is 0 Å². The lowest BCUT2D eigenvalue weighted by molar-refractivity contribution is -0.135. The molecule has 7 nitrogen and oxygen atoms in total. The van der Waals surface area contributed by atoms with Gasteiger partial charge in [-0.3, -0.25) is 14.4 Å². The Bertz CT molecular complexity index is 749. The Balaban J connectivity index is 1.39. The van der Waals surface area contributed by atoms with Crippen LogP contribution >= 0.6 is 0 Å². The molecule has 146 valence electrons. The lowest BCUT2D eigenvalue weighted by Gasteiger charge is -2.34. The summed E-state index contributed by atoms with van der Waals surface area (Å²) in [5, 5.41) is 4.50. The quantitative estimate of drug-likeness (QED) is 0.741. The van der Waals surface area contributed by atoms with E-state index in [1.807, 2.05) is 36.1 Å². The first-order valence-corrected chi connectivity index (χ1v) is 9.33. The van der Waals surface area contributed by atoms with E-state index in [9.17, 15) is 4.79 Å². The average Bonchev–Trinajstić information content (AvgIpc) is 3.02. The molecule has 0 N–H and O–H groups in total. The number of benzene rings is 1. The van der Waals surface area contributed by atoms with E-state index in [-0.39, 0.29) is 12.5 Å². The van der Waals surface area contributed by atoms with E-state index in [1.165, 1.54) is 5.69 Å². The SMILES string of the molecule is COc1ccc(OCC(=O)N2CCN(CCn3nc(C)cc3C)CC2)cc1. The largest absolute Gasteiger partial charge is 0.497 e. The molecule has 0 spiro atoms. The van der Waals surface area contributed by atoms with Gasteiger partial charge in [0.05, 0.1) is 19.3 Å². The van der Waals surface area contributed by atoms with Crippen LogP contribution in [0.5, 0.6) is 11.5 Å². The van der Waals surface area contributed by atoms with E-state index in [0.29, 0.717) is 5.75 Å². The van der Waals surface area contributed by atoms with E-state index in [4.69, 9.17) is 9.47 Å². The van der Waals surface area contributed by atoms with Crippen molar-refractivity contribution < 1.29 is 14.3 Å². The van der Waals surface area contributed by atoms with E-state index in [1.54, 1.807) is 7.11 Å². The van der Waals surface area contributed by atoms with Gasteiger partial charge in [-0.15, -0.1) is 0 Å². The van der Waals surface area contributed by atoms with Crippen molar-refractivity contribution in [2.45, 2.75) is 20.4 Å². The number of hydrogen-bond acceptors (Lipinski definition) is 5. The third kappa shape index (κ3) is 5.23. The number of carbonyl (C=O) groups excluding carboxylic acids is 1. The van der Waals surface area contributed by atoms with Gasteiger partial charge in [0.25, 0.3) is 5.91 Å². The van der Waals surface area contributed by atoms with Crippen molar-refractivity contribution in [2.75, 3.05) is 46.4 Å². The van der Waals surface area contributed by atoms with Gasteiger partial charge in [0, 0.05) is 38.4 Å². The molecule has 1 fully saturated rings. The van der Waals surface area contributed by atoms with Gasteiger partial charge in [-0.2, -0.15) is 5.10 Å². The molecule has 1 aliphatic heterocycles. The zero-order valence-electron chi connectivity index (χ0n) is 16.4. The van der Waals surface area contributed by atoms with Crippen LogP contribution in [0.1, 0.15) is 11.4 Å². The molecule has 1 amide bonds. The molecule has 0 unspecified atom stereocenters. The Labute approximate surface area is 160 Å². The molecular formula is C20H28N4O3. The number of methoxy groups -OCH3 is 1. The molecule has 0 radical (unpaired) electrons. The number of rotatable bonds is 7. The van der Waals surface area contributed by atoms with Crippen molar-refractivity contribution in [1.82, 2.24) is 19.6 Å². The van der Waals surface area contributed by atoms with Gasteiger partial charge >= 0.3 is 0 Å². The first kappa shape index (κ1) is 19.2. The zero-order chi connectivity index (χ0) is 19.2. The first-order valence-electron chi connectivity index (χ1n) is 9.33. The van der Waals surface area contributed by atoms with E-state index >= 15 is 0 Å². The lowest BCUT2D eigenvalue weighted by atomic mass is 10.3. The smallest absolute Gasteiger partial charge is 0.260 e. The van der Waals surface area contributed by atoms with Crippen LogP contribution in [0.25, 0.3) is 0 Å². The summed E-state index contributed by atoms with van der Waals surface area (Å²) in [6.07, 6.45) is 0. The standard InChI is InChI=1S/C20H28N4O3/c1-16-14-17(2)24(21-16)13-10-22-8-11-23(12-9-22)20(25)15-27-19-6-4-18(26-3)5-7-19/h4-7,14H,8-13,15H2,1-3H3. The highest BCUT2D eigenvalue weighted by Crippen LogP contribution is 2.17. The number of carbonyl (C=O) groups is 1. The Morgan fingerprint density at radius 1 is 1.04 bits per heavy atom. The number of hydrogen-bond donors (Lipinski definition) is 0. The fraction of sp³-hybridized carbons (Fsp3) is 0.500. The summed E-state index contributed by atoms with van der Waals surface area (Å²) >= 11 is 0. The molecule has 27 heavy (non-hydrogen) atoms. The predicted octanol–water partition coefficient (Wildman–Crippen LogP) is 1.73. The third-order valence-corrected chi connectivity index (χ3v) is 4.88. The number of ether oxygens (including phenoxy) is 2. The van der Waals surface area contributed by atoms with Crippen LogP contribution in [-0.2, 0) is 11.3 Å². The van der Waals surface area contributed by atoms with Crippen molar-refractivity contribution in [3.05, 3.63) is 41.7 Å². The molecule has 0 bridgehead atoms. The van der Waals surface area contributed by atoms with Gasteiger partial charge in [0.1, 0.15) is 11.5 Å². The van der Waals surface area contributed by atoms with Crippen molar-refractivity contribution in [3.8, 4) is 11.5 Å². The summed E-state index contributed by atoms with van der Waals surface area (Å²) in [7, 11) is 1.62.